The van der Waals surface area contributed by atoms with Crippen LogP contribution in [0.5, 0.6) is 0 Å². The number of anilines is 1. The molecule has 3 aliphatic heterocycles. The highest BCUT2D eigenvalue weighted by molar-refractivity contribution is 8.07. The molecule has 32 heavy (non-hydrogen) atoms. The number of carboxylic acids is 1. The van der Waals surface area contributed by atoms with Crippen LogP contribution in [0.4, 0.5) is 5.13 Å². The minimum atomic E-state index is -1.26. The van der Waals surface area contributed by atoms with E-state index in [2.05, 4.69) is 15.5 Å². The predicted octanol–water partition coefficient (Wildman–Crippen LogP) is -0.0275. The number of β-lactam (4-membered cyclic amide) rings is 1. The van der Waals surface area contributed by atoms with Crippen LogP contribution in [0.25, 0.3) is 0 Å². The number of nitrogens with two attached hydrogens (primary N) is 1. The van der Waals surface area contributed by atoms with Gasteiger partial charge in [-0.05, 0) is 0 Å². The van der Waals surface area contributed by atoms with Crippen LogP contribution in [-0.2, 0) is 35.4 Å². The third kappa shape index (κ3) is 4.54. The van der Waals surface area contributed by atoms with E-state index in [0.717, 1.165) is 22.9 Å². The van der Waals surface area contributed by atoms with Crippen molar-refractivity contribution in [1.29, 1.82) is 0 Å². The van der Waals surface area contributed by atoms with Crippen molar-refractivity contribution in [2.24, 2.45) is 5.16 Å². The molecule has 4 N–H and O–H groups in total. The van der Waals surface area contributed by atoms with Crippen LogP contribution in [0.1, 0.15) is 12.1 Å². The monoisotopic (exact) mass is 499 g/mol. The first-order valence-corrected chi connectivity index (χ1v) is 12.1. The second-order valence-corrected chi connectivity index (χ2v) is 10.0. The number of cyclic esters (lactones) is 1. The number of rotatable bonds is 8. The Kier molecular flexibility index (Phi) is 6.57. The maximum atomic E-state index is 12.6. The normalized spacial score (nSPS) is 24.9. The van der Waals surface area contributed by atoms with Crippen LogP contribution in [0.15, 0.2) is 21.1 Å². The quantitative estimate of drug-likeness (QED) is 0.190. The number of carbonyl (C=O) groups excluding carboxylic acids is 3. The van der Waals surface area contributed by atoms with E-state index >= 15 is 0 Å². The molecule has 2 fully saturated rings. The fraction of sp³-hybridized carbons (Fsp3) is 0.412. The second kappa shape index (κ2) is 9.38. The predicted molar refractivity (Wildman–Crippen MR) is 116 cm³/mol. The zero-order chi connectivity index (χ0) is 22.8. The summed E-state index contributed by atoms with van der Waals surface area (Å²) in [6.07, 6.45) is 1.37. The van der Waals surface area contributed by atoms with Gasteiger partial charge in [-0.15, -0.1) is 34.9 Å². The van der Waals surface area contributed by atoms with Gasteiger partial charge in [0.2, 0.25) is 0 Å². The summed E-state index contributed by atoms with van der Waals surface area (Å²) in [6.45, 7) is 0.329. The van der Waals surface area contributed by atoms with Gasteiger partial charge in [0.05, 0.1) is 12.3 Å². The number of ether oxygens (including phenoxy) is 1. The molecule has 0 saturated carbocycles. The maximum Gasteiger partial charge on any atom is 0.353 e. The number of thiazole rings is 1. The number of nitrogens with zero attached hydrogens (tertiary/aromatic N) is 3. The first-order valence-electron chi connectivity index (χ1n) is 9.25. The Balaban J connectivity index is 1.35. The molecule has 3 atom stereocenters. The number of carbonyl (C=O) groups is 4. The number of hydrogen-bond acceptors (Lipinski definition) is 12. The summed E-state index contributed by atoms with van der Waals surface area (Å²) in [5, 5.41) is 16.8. The highest BCUT2D eigenvalue weighted by Gasteiger charge is 2.54. The third-order valence-corrected chi connectivity index (χ3v) is 8.15. The van der Waals surface area contributed by atoms with E-state index in [1.54, 1.807) is 5.38 Å². The van der Waals surface area contributed by atoms with Gasteiger partial charge in [-0.25, -0.2) is 9.78 Å². The minimum absolute atomic E-state index is 0.0356. The van der Waals surface area contributed by atoms with Crippen LogP contribution in [0.2, 0.25) is 0 Å². The molecule has 0 aromatic carbocycles. The smallest absolute Gasteiger partial charge is 0.353 e. The molecule has 2 saturated heterocycles. The largest absolute Gasteiger partial charge is 0.477 e. The summed E-state index contributed by atoms with van der Waals surface area (Å²) in [4.78, 5) is 58.8. The molecule has 0 radical (unpaired) electrons. The van der Waals surface area contributed by atoms with Crippen molar-refractivity contribution in [2.45, 2.75) is 29.7 Å². The van der Waals surface area contributed by atoms with Crippen LogP contribution in [0, 0.1) is 0 Å². The molecule has 170 valence electrons. The molecule has 12 nitrogen and oxygen atoms in total. The van der Waals surface area contributed by atoms with Gasteiger partial charge >= 0.3 is 11.9 Å². The van der Waals surface area contributed by atoms with E-state index < -0.39 is 34.4 Å². The molecule has 2 amide bonds. The van der Waals surface area contributed by atoms with Crippen molar-refractivity contribution in [3.63, 3.8) is 0 Å². The average Bonchev–Trinajstić information content (AvgIpc) is 3.36. The van der Waals surface area contributed by atoms with Gasteiger partial charge in [0, 0.05) is 22.5 Å². The lowest BCUT2D eigenvalue weighted by Crippen LogP contribution is -2.70. The number of carboxylic acid groups (broad SMARTS) is 1. The van der Waals surface area contributed by atoms with E-state index in [1.165, 1.54) is 23.1 Å². The van der Waals surface area contributed by atoms with Crippen molar-refractivity contribution < 1.29 is 33.9 Å². The zero-order valence-electron chi connectivity index (χ0n) is 16.3. The molecule has 1 unspecified atom stereocenters. The molecule has 1 aromatic heterocycles. The van der Waals surface area contributed by atoms with Gasteiger partial charge < -0.3 is 25.7 Å². The second-order valence-electron chi connectivity index (χ2n) is 6.72. The average molecular weight is 500 g/mol. The van der Waals surface area contributed by atoms with Gasteiger partial charge in [0.15, 0.2) is 11.7 Å². The van der Waals surface area contributed by atoms with Crippen molar-refractivity contribution in [2.75, 3.05) is 18.1 Å². The molecule has 3 aliphatic rings. The number of aliphatic carboxylic acids is 1. The van der Waals surface area contributed by atoms with Crippen LogP contribution < -0.4 is 11.1 Å². The number of nitrogens with one attached hydrogen (secondary N) is 1. The number of thioether (sulfide) groups is 2. The third-order valence-electron chi connectivity index (χ3n) is 4.63. The number of fused-ring (bicyclic) bond motifs is 1. The Hall–Kier alpha value is -2.78. The topological polar surface area (TPSA) is 174 Å². The maximum absolute atomic E-state index is 12.6. The van der Waals surface area contributed by atoms with Crippen molar-refractivity contribution in [1.82, 2.24) is 15.2 Å². The Morgan fingerprint density at radius 3 is 2.97 bits per heavy atom. The molecule has 0 aliphatic carbocycles. The Morgan fingerprint density at radius 2 is 2.31 bits per heavy atom. The van der Waals surface area contributed by atoms with Crippen LogP contribution >= 0.6 is 34.9 Å². The van der Waals surface area contributed by atoms with E-state index in [4.69, 9.17) is 15.3 Å². The molecule has 0 spiro atoms. The summed E-state index contributed by atoms with van der Waals surface area (Å²) in [5.41, 5.74) is 5.92. The zero-order valence-corrected chi connectivity index (χ0v) is 18.7. The fourth-order valence-electron chi connectivity index (χ4n) is 3.21. The molecule has 0 bridgehead atoms. The van der Waals surface area contributed by atoms with Crippen LogP contribution in [0.3, 0.4) is 0 Å². The van der Waals surface area contributed by atoms with Crippen molar-refractivity contribution in [3.05, 3.63) is 21.7 Å². The van der Waals surface area contributed by atoms with E-state index in [1.807, 2.05) is 0 Å². The molecule has 4 rings (SSSR count). The molecule has 1 aromatic rings. The SMILES string of the molecule is Nc1nc(CO/N=C\C(=O)N[C@@H]2C(=O)N3C(C(=O)O)=C(SC4CCOC4=O)CS[C@@H]23)cs1. The fourth-order valence-corrected chi connectivity index (χ4v) is 6.44. The number of aromatic nitrogens is 1. The lowest BCUT2D eigenvalue weighted by Gasteiger charge is -2.49. The lowest BCUT2D eigenvalue weighted by atomic mass is 10.1. The van der Waals surface area contributed by atoms with Gasteiger partial charge in [-0.3, -0.25) is 19.3 Å². The molecule has 15 heteroatoms. The highest BCUT2D eigenvalue weighted by Crippen LogP contribution is 2.45. The van der Waals surface area contributed by atoms with Crippen molar-refractivity contribution in [3.8, 4) is 0 Å². The van der Waals surface area contributed by atoms with Gasteiger partial charge in [0.1, 0.15) is 28.6 Å². The van der Waals surface area contributed by atoms with E-state index in [0.29, 0.717) is 34.5 Å². The number of hydrogen-bond donors (Lipinski definition) is 3. The molecule has 4 heterocycles. The number of nitrogen functional groups attached to an aromatic ring is 1. The summed E-state index contributed by atoms with van der Waals surface area (Å²) < 4.78 is 4.92. The van der Waals surface area contributed by atoms with Crippen molar-refractivity contribution >= 4 is 70.0 Å². The summed E-state index contributed by atoms with van der Waals surface area (Å²) in [6, 6.07) is -0.894. The minimum Gasteiger partial charge on any atom is -0.477 e. The molecular formula is C17H17N5O7S3. The van der Waals surface area contributed by atoms with Gasteiger partial charge in [-0.1, -0.05) is 5.16 Å². The van der Waals surface area contributed by atoms with E-state index in [-0.39, 0.29) is 18.3 Å². The standard InChI is InChI=1S/C17H17N5O7S3/c18-17-20-7(5-31-17)4-29-19-3-10(23)21-11-13(24)22-12(15(25)26)9(6-30-14(11)22)32-8-1-2-28-16(8)27/h3,5,8,11,14H,1-2,4,6H2,(H2,18,20)(H,21,23)(H,25,26)/b19-3-/t8?,11-,14+/m1/s1. The Morgan fingerprint density at radius 1 is 1.50 bits per heavy atom. The number of oxime groups is 1. The van der Waals surface area contributed by atoms with E-state index in [9.17, 15) is 24.3 Å². The number of esters is 1. The lowest BCUT2D eigenvalue weighted by molar-refractivity contribution is -0.150. The van der Waals surface area contributed by atoms with Crippen LogP contribution in [-0.4, -0.2) is 74.0 Å². The summed E-state index contributed by atoms with van der Waals surface area (Å²) in [5.74, 6) is -2.56. The number of amides is 2. The highest BCUT2D eigenvalue weighted by atomic mass is 32.2. The Labute approximate surface area is 193 Å². The Bertz CT molecular complexity index is 1030. The summed E-state index contributed by atoms with van der Waals surface area (Å²) >= 11 is 3.68. The van der Waals surface area contributed by atoms with Gasteiger partial charge in [-0.2, -0.15) is 0 Å². The molecular weight excluding hydrogens is 482 g/mol. The van der Waals surface area contributed by atoms with Gasteiger partial charge in [0.25, 0.3) is 11.8 Å². The summed E-state index contributed by atoms with van der Waals surface area (Å²) in [7, 11) is 0. The first-order chi connectivity index (χ1) is 15.3. The first kappa shape index (κ1) is 22.4.